The van der Waals surface area contributed by atoms with Crippen molar-refractivity contribution in [3.8, 4) is 32.0 Å². The number of carbonyl (C=O) groups is 2. The standard InChI is InChI=1S/C31H24F2O2S2/c1-13(2)11-31(12-14(3)4)23-21-17-7-5-15(32)9-19(17)25(34)27(21)36-29(23)30-24(31)22-18-8-6-16(33)10-20(18)26(35)28(22)37-30/h5-10,13-14H,11-12H2,1-4H3. The van der Waals surface area contributed by atoms with Crippen molar-refractivity contribution in [1.29, 1.82) is 0 Å². The zero-order chi connectivity index (χ0) is 26.0. The van der Waals surface area contributed by atoms with E-state index in [1.54, 1.807) is 12.1 Å². The van der Waals surface area contributed by atoms with Crippen LogP contribution < -0.4 is 0 Å². The fourth-order valence-electron chi connectivity index (χ4n) is 7.03. The lowest BCUT2D eigenvalue weighted by Gasteiger charge is -2.36. The van der Waals surface area contributed by atoms with Crippen LogP contribution in [0.3, 0.4) is 0 Å². The fourth-order valence-corrected chi connectivity index (χ4v) is 9.91. The predicted octanol–water partition coefficient (Wildman–Crippen LogP) is 8.87. The molecule has 2 nitrogen and oxygen atoms in total. The zero-order valence-corrected chi connectivity index (χ0v) is 22.6. The highest BCUT2D eigenvalue weighted by Gasteiger charge is 2.54. The van der Waals surface area contributed by atoms with E-state index in [2.05, 4.69) is 27.7 Å². The largest absolute Gasteiger partial charge is 0.288 e. The van der Waals surface area contributed by atoms with Crippen LogP contribution in [0.5, 0.6) is 0 Å². The molecule has 0 aliphatic heterocycles. The molecule has 0 N–H and O–H groups in total. The molecule has 0 bridgehead atoms. The summed E-state index contributed by atoms with van der Waals surface area (Å²) < 4.78 is 28.3. The van der Waals surface area contributed by atoms with E-state index in [9.17, 15) is 18.4 Å². The first-order valence-corrected chi connectivity index (χ1v) is 14.3. The van der Waals surface area contributed by atoms with Gasteiger partial charge < -0.3 is 0 Å². The number of ketones is 2. The highest BCUT2D eigenvalue weighted by atomic mass is 32.1. The predicted molar refractivity (Wildman–Crippen MR) is 145 cm³/mol. The third-order valence-corrected chi connectivity index (χ3v) is 10.4. The highest BCUT2D eigenvalue weighted by Crippen LogP contribution is 2.68. The second kappa shape index (κ2) is 7.55. The average Bonchev–Trinajstić information content (AvgIpc) is 3.56. The first-order valence-electron chi connectivity index (χ1n) is 12.7. The van der Waals surface area contributed by atoms with Crippen molar-refractivity contribution in [2.75, 3.05) is 0 Å². The second-order valence-electron chi connectivity index (χ2n) is 11.3. The van der Waals surface area contributed by atoms with Crippen LogP contribution in [0.1, 0.15) is 82.1 Å². The molecule has 0 fully saturated rings. The molecule has 0 spiro atoms. The molecular formula is C31H24F2O2S2. The van der Waals surface area contributed by atoms with E-state index in [4.69, 9.17) is 0 Å². The molecule has 0 atom stereocenters. The van der Waals surface area contributed by atoms with Gasteiger partial charge in [-0.2, -0.15) is 0 Å². The Labute approximate surface area is 222 Å². The Morgan fingerprint density at radius 2 is 1.05 bits per heavy atom. The van der Waals surface area contributed by atoms with Gasteiger partial charge >= 0.3 is 0 Å². The number of thiophene rings is 2. The average molecular weight is 531 g/mol. The van der Waals surface area contributed by atoms with Crippen molar-refractivity contribution in [3.63, 3.8) is 0 Å². The van der Waals surface area contributed by atoms with Gasteiger partial charge in [0.25, 0.3) is 0 Å². The molecule has 3 aliphatic carbocycles. The number of hydrogen-bond acceptors (Lipinski definition) is 4. The van der Waals surface area contributed by atoms with E-state index < -0.39 is 17.0 Å². The summed E-state index contributed by atoms with van der Waals surface area (Å²) in [6.45, 7) is 8.84. The Morgan fingerprint density at radius 3 is 1.43 bits per heavy atom. The van der Waals surface area contributed by atoms with Crippen molar-refractivity contribution < 1.29 is 18.4 Å². The maximum atomic E-state index is 14.2. The highest BCUT2D eigenvalue weighted by molar-refractivity contribution is 7.25. The van der Waals surface area contributed by atoms with Gasteiger partial charge in [0.05, 0.1) is 19.5 Å². The molecule has 0 radical (unpaired) electrons. The van der Waals surface area contributed by atoms with Gasteiger partial charge in [0.2, 0.25) is 11.6 Å². The SMILES string of the molecule is CC(C)CC1(CC(C)C)c2c(sc3c2-c2ccc(F)cc2C3=O)-c2sc3c(c21)-c1ccc(F)cc1C3=O. The second-order valence-corrected chi connectivity index (χ2v) is 13.4. The molecule has 0 unspecified atom stereocenters. The summed E-state index contributed by atoms with van der Waals surface area (Å²) in [5.41, 5.74) is 6.30. The monoisotopic (exact) mass is 530 g/mol. The van der Waals surface area contributed by atoms with E-state index in [1.807, 2.05) is 0 Å². The zero-order valence-electron chi connectivity index (χ0n) is 20.9. The minimum atomic E-state index is -0.409. The Kier molecular flexibility index (Phi) is 4.73. The first kappa shape index (κ1) is 23.2. The van der Waals surface area contributed by atoms with Crippen molar-refractivity contribution in [2.24, 2.45) is 11.8 Å². The molecule has 6 heteroatoms. The normalized spacial score (nSPS) is 15.8. The third-order valence-electron chi connectivity index (χ3n) is 7.90. The van der Waals surface area contributed by atoms with Gasteiger partial charge in [0, 0.05) is 27.7 Å². The van der Waals surface area contributed by atoms with Gasteiger partial charge in [-0.05, 0) is 71.2 Å². The van der Waals surface area contributed by atoms with Crippen molar-refractivity contribution in [3.05, 3.63) is 80.0 Å². The number of benzene rings is 2. The molecule has 7 rings (SSSR count). The van der Waals surface area contributed by atoms with Gasteiger partial charge in [0.1, 0.15) is 11.6 Å². The summed E-state index contributed by atoms with van der Waals surface area (Å²) in [5.74, 6) is -0.358. The number of hydrogen-bond donors (Lipinski definition) is 0. The quantitative estimate of drug-likeness (QED) is 0.228. The summed E-state index contributed by atoms with van der Waals surface area (Å²) in [6.07, 6.45) is 1.71. The topological polar surface area (TPSA) is 34.1 Å². The summed E-state index contributed by atoms with van der Waals surface area (Å²) in [5, 5.41) is 0. The maximum Gasteiger partial charge on any atom is 0.204 e. The lowest BCUT2D eigenvalue weighted by atomic mass is 9.66. The molecule has 3 aliphatic rings. The van der Waals surface area contributed by atoms with Crippen LogP contribution in [0.25, 0.3) is 32.0 Å². The van der Waals surface area contributed by atoms with Crippen molar-refractivity contribution in [1.82, 2.24) is 0 Å². The molecule has 186 valence electrons. The summed E-state index contributed by atoms with van der Waals surface area (Å²) >= 11 is 2.98. The van der Waals surface area contributed by atoms with Crippen molar-refractivity contribution >= 4 is 34.2 Å². The minimum Gasteiger partial charge on any atom is -0.288 e. The smallest absolute Gasteiger partial charge is 0.204 e. The molecular weight excluding hydrogens is 506 g/mol. The van der Waals surface area contributed by atoms with Crippen molar-refractivity contribution in [2.45, 2.75) is 46.0 Å². The molecule has 2 aromatic heterocycles. The third kappa shape index (κ3) is 2.89. The molecule has 4 aromatic rings. The van der Waals surface area contributed by atoms with E-state index in [0.29, 0.717) is 32.7 Å². The molecule has 2 aromatic carbocycles. The Morgan fingerprint density at radius 1 is 0.649 bits per heavy atom. The molecule has 0 amide bonds. The number of fused-ring (bicyclic) bond motifs is 11. The summed E-state index contributed by atoms with van der Waals surface area (Å²) in [4.78, 5) is 30.4. The molecule has 37 heavy (non-hydrogen) atoms. The maximum absolute atomic E-state index is 14.2. The summed E-state index contributed by atoms with van der Waals surface area (Å²) in [7, 11) is 0. The van der Waals surface area contributed by atoms with Gasteiger partial charge in [-0.15, -0.1) is 22.7 Å². The van der Waals surface area contributed by atoms with Crippen LogP contribution in [0.4, 0.5) is 8.78 Å². The van der Waals surface area contributed by atoms with Crippen LogP contribution in [-0.4, -0.2) is 11.6 Å². The lowest BCUT2D eigenvalue weighted by Crippen LogP contribution is -2.30. The van der Waals surface area contributed by atoms with Crippen LogP contribution in [0.15, 0.2) is 36.4 Å². The van der Waals surface area contributed by atoms with Crippen LogP contribution >= 0.6 is 22.7 Å². The number of halogens is 2. The van der Waals surface area contributed by atoms with Crippen LogP contribution in [0, 0.1) is 23.5 Å². The number of rotatable bonds is 4. The van der Waals surface area contributed by atoms with E-state index in [1.165, 1.54) is 58.1 Å². The van der Waals surface area contributed by atoms with Gasteiger partial charge in [-0.25, -0.2) is 8.78 Å². The lowest BCUT2D eigenvalue weighted by molar-refractivity contribution is 0.103. The molecule has 2 heterocycles. The minimum absolute atomic E-state index is 0.116. The van der Waals surface area contributed by atoms with Crippen LogP contribution in [-0.2, 0) is 5.41 Å². The number of carbonyl (C=O) groups excluding carboxylic acids is 2. The molecule has 0 saturated carbocycles. The summed E-state index contributed by atoms with van der Waals surface area (Å²) in [6, 6.07) is 9.07. The first-order chi connectivity index (χ1) is 17.6. The Balaban J connectivity index is 1.60. The Hall–Kier alpha value is -2.96. The Bertz CT molecular complexity index is 1580. The van der Waals surface area contributed by atoms with E-state index in [-0.39, 0.29) is 11.6 Å². The van der Waals surface area contributed by atoms with Gasteiger partial charge in [-0.1, -0.05) is 39.8 Å². The van der Waals surface area contributed by atoms with Gasteiger partial charge in [-0.3, -0.25) is 9.59 Å². The van der Waals surface area contributed by atoms with Crippen LogP contribution in [0.2, 0.25) is 0 Å². The van der Waals surface area contributed by atoms with E-state index in [0.717, 1.165) is 44.8 Å². The fraction of sp³-hybridized carbons (Fsp3) is 0.290. The molecule has 0 saturated heterocycles. The van der Waals surface area contributed by atoms with Gasteiger partial charge in [0.15, 0.2) is 0 Å². The van der Waals surface area contributed by atoms with E-state index >= 15 is 0 Å².